The summed E-state index contributed by atoms with van der Waals surface area (Å²) >= 11 is 3.53. The Bertz CT molecular complexity index is 606. The van der Waals surface area contributed by atoms with Crippen LogP contribution in [0.4, 0.5) is 0 Å². The van der Waals surface area contributed by atoms with Gasteiger partial charge in [0.1, 0.15) is 0 Å². The molecule has 1 atom stereocenters. The van der Waals surface area contributed by atoms with Crippen molar-refractivity contribution in [3.8, 4) is 0 Å². The third-order valence-corrected chi connectivity index (χ3v) is 4.30. The Morgan fingerprint density at radius 1 is 1.14 bits per heavy atom. The Labute approximate surface area is 133 Å². The number of ether oxygens (including phenoxy) is 1. The van der Waals surface area contributed by atoms with Crippen molar-refractivity contribution >= 4 is 28.5 Å². The van der Waals surface area contributed by atoms with Crippen LogP contribution in [0.1, 0.15) is 23.7 Å². The van der Waals surface area contributed by atoms with E-state index in [1.165, 1.54) is 0 Å². The summed E-state index contributed by atoms with van der Waals surface area (Å²) in [6.45, 7) is 1.19. The Kier molecular flexibility index (Phi) is 4.75. The Balaban J connectivity index is 1.56. The van der Waals surface area contributed by atoms with E-state index in [0.717, 1.165) is 27.5 Å². The topological polar surface area (TPSA) is 38.7 Å². The molecule has 0 aromatic heterocycles. The molecule has 1 heterocycles. The van der Waals surface area contributed by atoms with E-state index in [0.29, 0.717) is 13.2 Å². The number of halogens is 1. The molecule has 0 bridgehead atoms. The largest absolute Gasteiger partial charge is 0.492 e. The predicted octanol–water partition coefficient (Wildman–Crippen LogP) is 2.81. The maximum atomic E-state index is 9.93. The van der Waals surface area contributed by atoms with Crippen molar-refractivity contribution < 1.29 is 14.4 Å². The zero-order chi connectivity index (χ0) is 14.7. The molecule has 0 saturated carbocycles. The molecule has 21 heavy (non-hydrogen) atoms. The van der Waals surface area contributed by atoms with E-state index in [-0.39, 0.29) is 6.10 Å². The fourth-order valence-electron chi connectivity index (χ4n) is 2.57. The first-order valence-electron chi connectivity index (χ1n) is 6.99. The van der Waals surface area contributed by atoms with Crippen molar-refractivity contribution in [2.24, 2.45) is 0 Å². The summed E-state index contributed by atoms with van der Waals surface area (Å²) < 4.78 is 12.3. The lowest BCUT2D eigenvalue weighted by atomic mass is 9.79. The van der Waals surface area contributed by atoms with Crippen LogP contribution < -0.4 is 5.46 Å². The average Bonchev–Trinajstić information content (AvgIpc) is 2.83. The van der Waals surface area contributed by atoms with E-state index >= 15 is 0 Å². The highest BCUT2D eigenvalue weighted by Crippen LogP contribution is 2.32. The molecule has 2 aromatic carbocycles. The van der Waals surface area contributed by atoms with E-state index in [9.17, 15) is 5.02 Å². The van der Waals surface area contributed by atoms with Crippen LogP contribution in [-0.4, -0.2) is 18.7 Å². The second-order valence-electron chi connectivity index (χ2n) is 5.05. The van der Waals surface area contributed by atoms with Gasteiger partial charge in [-0.2, -0.15) is 0 Å². The third kappa shape index (κ3) is 3.38. The van der Waals surface area contributed by atoms with E-state index in [1.54, 1.807) is 0 Å². The van der Waals surface area contributed by atoms with Gasteiger partial charge >= 0.3 is 7.12 Å². The molecule has 2 aromatic rings. The van der Waals surface area contributed by atoms with Crippen molar-refractivity contribution in [1.29, 1.82) is 0 Å². The molecule has 0 amide bonds. The van der Waals surface area contributed by atoms with E-state index in [2.05, 4.69) is 15.9 Å². The molecule has 3 nitrogen and oxygen atoms in total. The Hall–Kier alpha value is -1.14. The molecule has 0 spiro atoms. The molecule has 0 aliphatic carbocycles. The molecule has 0 radical (unpaired) electrons. The average molecular weight is 347 g/mol. The second-order valence-corrected chi connectivity index (χ2v) is 5.90. The summed E-state index contributed by atoms with van der Waals surface area (Å²) in [5.74, 6) is 0. The summed E-state index contributed by atoms with van der Waals surface area (Å²) in [7, 11) is -0.836. The maximum absolute atomic E-state index is 9.93. The molecule has 0 fully saturated rings. The minimum Gasteiger partial charge on any atom is -0.423 e. The molecule has 5 heteroatoms. The van der Waals surface area contributed by atoms with Crippen molar-refractivity contribution in [3.05, 3.63) is 64.1 Å². The molecule has 1 aliphatic heterocycles. The van der Waals surface area contributed by atoms with Crippen molar-refractivity contribution in [3.63, 3.8) is 0 Å². The number of fused-ring (bicyclic) bond motifs is 1. The minimum absolute atomic E-state index is 0.124. The molecule has 108 valence electrons. The van der Waals surface area contributed by atoms with Gasteiger partial charge in [0.05, 0.1) is 12.7 Å². The molecule has 0 saturated heterocycles. The molecular weight excluding hydrogens is 331 g/mol. The third-order valence-electron chi connectivity index (χ3n) is 3.60. The van der Waals surface area contributed by atoms with Crippen LogP contribution in [0.5, 0.6) is 0 Å². The van der Waals surface area contributed by atoms with Crippen molar-refractivity contribution in [2.45, 2.75) is 19.1 Å². The van der Waals surface area contributed by atoms with Gasteiger partial charge in [-0.25, -0.2) is 0 Å². The zero-order valence-electron chi connectivity index (χ0n) is 11.5. The first kappa shape index (κ1) is 14.8. The highest BCUT2D eigenvalue weighted by molar-refractivity contribution is 9.10. The summed E-state index contributed by atoms with van der Waals surface area (Å²) in [5, 5.41) is 9.93. The fraction of sp³-hybridized carbons (Fsp3) is 0.250. The second kappa shape index (κ2) is 6.75. The van der Waals surface area contributed by atoms with Crippen LogP contribution in [0.3, 0.4) is 0 Å². The van der Waals surface area contributed by atoms with E-state index in [4.69, 9.17) is 9.39 Å². The first-order chi connectivity index (χ1) is 10.3. The smallest absolute Gasteiger partial charge is 0.423 e. The highest BCUT2D eigenvalue weighted by Gasteiger charge is 2.35. The van der Waals surface area contributed by atoms with Crippen LogP contribution in [0.25, 0.3) is 0 Å². The van der Waals surface area contributed by atoms with Gasteiger partial charge < -0.3 is 14.4 Å². The standard InChI is InChI=1S/C16H16BBrO3/c18-14-8-4-7-13-16(14)15(21-17(13)19)9-10-20-11-12-5-2-1-3-6-12/h1-8,15,19H,9-11H2. The van der Waals surface area contributed by atoms with Crippen molar-refractivity contribution in [2.75, 3.05) is 6.61 Å². The summed E-state index contributed by atoms with van der Waals surface area (Å²) in [6.07, 6.45) is 0.598. The first-order valence-corrected chi connectivity index (χ1v) is 7.78. The van der Waals surface area contributed by atoms with Gasteiger partial charge in [-0.1, -0.05) is 58.4 Å². The van der Waals surface area contributed by atoms with Crippen LogP contribution in [-0.2, 0) is 16.0 Å². The minimum atomic E-state index is -0.836. The van der Waals surface area contributed by atoms with Gasteiger partial charge in [0.25, 0.3) is 0 Å². The van der Waals surface area contributed by atoms with Gasteiger partial charge in [-0.3, -0.25) is 0 Å². The van der Waals surface area contributed by atoms with Crippen LogP contribution in [0.2, 0.25) is 0 Å². The van der Waals surface area contributed by atoms with Crippen molar-refractivity contribution in [1.82, 2.24) is 0 Å². The van der Waals surface area contributed by atoms with Gasteiger partial charge in [-0.05, 0) is 29.1 Å². The Morgan fingerprint density at radius 2 is 1.95 bits per heavy atom. The van der Waals surface area contributed by atoms with Crippen LogP contribution in [0.15, 0.2) is 53.0 Å². The normalized spacial score (nSPS) is 17.0. The highest BCUT2D eigenvalue weighted by atomic mass is 79.9. The fourth-order valence-corrected chi connectivity index (χ4v) is 3.21. The predicted molar refractivity (Wildman–Crippen MR) is 86.3 cm³/mol. The Morgan fingerprint density at radius 3 is 2.76 bits per heavy atom. The lowest BCUT2D eigenvalue weighted by molar-refractivity contribution is 0.0803. The van der Waals surface area contributed by atoms with E-state index < -0.39 is 7.12 Å². The number of hydrogen-bond acceptors (Lipinski definition) is 3. The molecule has 3 rings (SSSR count). The number of rotatable bonds is 5. The molecular formula is C16H16BBrO3. The lowest BCUT2D eigenvalue weighted by Gasteiger charge is -2.13. The lowest BCUT2D eigenvalue weighted by Crippen LogP contribution is -2.27. The number of hydrogen-bond donors (Lipinski definition) is 1. The van der Waals surface area contributed by atoms with Gasteiger partial charge in [0.2, 0.25) is 0 Å². The monoisotopic (exact) mass is 346 g/mol. The summed E-state index contributed by atoms with van der Waals surface area (Å²) in [5.41, 5.74) is 3.04. The summed E-state index contributed by atoms with van der Waals surface area (Å²) in [6, 6.07) is 15.9. The number of benzene rings is 2. The van der Waals surface area contributed by atoms with E-state index in [1.807, 2.05) is 48.5 Å². The quantitative estimate of drug-likeness (QED) is 0.668. The maximum Gasteiger partial charge on any atom is 0.492 e. The van der Waals surface area contributed by atoms with Gasteiger partial charge in [0.15, 0.2) is 0 Å². The van der Waals surface area contributed by atoms with Gasteiger partial charge in [0, 0.05) is 11.1 Å². The SMILES string of the molecule is OB1OC(CCOCc2ccccc2)c2c(Br)cccc21. The van der Waals surface area contributed by atoms with Gasteiger partial charge in [-0.15, -0.1) is 0 Å². The summed E-state index contributed by atoms with van der Waals surface area (Å²) in [4.78, 5) is 0. The molecule has 1 N–H and O–H groups in total. The van der Waals surface area contributed by atoms with Crippen LogP contribution >= 0.6 is 15.9 Å². The molecule has 1 unspecified atom stereocenters. The molecule has 1 aliphatic rings. The zero-order valence-corrected chi connectivity index (χ0v) is 13.1. The van der Waals surface area contributed by atoms with Crippen LogP contribution in [0, 0.1) is 0 Å².